The second-order valence-corrected chi connectivity index (χ2v) is 6.26. The quantitative estimate of drug-likeness (QED) is 0.618. The number of rotatable bonds is 3. The molecule has 104 valence electrons. The van der Waals surface area contributed by atoms with E-state index >= 15 is 0 Å². The summed E-state index contributed by atoms with van der Waals surface area (Å²) >= 11 is 0. The highest BCUT2D eigenvalue weighted by molar-refractivity contribution is 8.45. The summed E-state index contributed by atoms with van der Waals surface area (Å²) in [5.41, 5.74) is 0. The van der Waals surface area contributed by atoms with Gasteiger partial charge in [0.2, 0.25) is 0 Å². The minimum absolute atomic E-state index is 0.0526. The van der Waals surface area contributed by atoms with Crippen LogP contribution in [0.2, 0.25) is 0 Å². The van der Waals surface area contributed by atoms with Crippen LogP contribution in [-0.4, -0.2) is 0 Å². The van der Waals surface area contributed by atoms with Crippen molar-refractivity contribution in [2.24, 2.45) is 0 Å². The Kier molecular flexibility index (Phi) is 2.61. The van der Waals surface area contributed by atoms with E-state index in [9.17, 15) is 19.4 Å². The van der Waals surface area contributed by atoms with Crippen LogP contribution in [0.15, 0.2) is 59.5 Å². The molecule has 0 N–H and O–H groups in total. The molecular formula is C12H9F5OS. The molecule has 0 heterocycles. The van der Waals surface area contributed by atoms with Crippen LogP contribution in [0, 0.1) is 0 Å². The van der Waals surface area contributed by atoms with Crippen LogP contribution in [0.4, 0.5) is 19.4 Å². The maximum Gasteiger partial charge on any atom is 0.310 e. The molecule has 19 heavy (non-hydrogen) atoms. The zero-order chi connectivity index (χ0) is 14.2. The smallest absolute Gasteiger partial charge is 0.310 e. The number of ether oxygens (including phenoxy) is 1. The van der Waals surface area contributed by atoms with Gasteiger partial charge in [0.05, 0.1) is 0 Å². The van der Waals surface area contributed by atoms with E-state index in [0.717, 1.165) is 12.1 Å². The third-order valence-electron chi connectivity index (χ3n) is 2.25. The molecule has 0 saturated carbocycles. The second-order valence-electron chi connectivity index (χ2n) is 3.86. The monoisotopic (exact) mass is 296 g/mol. The van der Waals surface area contributed by atoms with Gasteiger partial charge in [0.1, 0.15) is 16.4 Å². The van der Waals surface area contributed by atoms with Crippen molar-refractivity contribution in [3.05, 3.63) is 54.6 Å². The van der Waals surface area contributed by atoms with E-state index in [1.54, 1.807) is 30.3 Å². The standard InChI is InChI=1S/C12H9F5OS/c13-19(14,15,16,17)12-8-6-11(7-9-12)18-10-4-2-1-3-5-10/h1-9H. The van der Waals surface area contributed by atoms with Gasteiger partial charge in [0, 0.05) is 0 Å². The van der Waals surface area contributed by atoms with Crippen molar-refractivity contribution in [3.63, 3.8) is 0 Å². The Labute approximate surface area is 106 Å². The predicted molar refractivity (Wildman–Crippen MR) is 64.4 cm³/mol. The average Bonchev–Trinajstić information content (AvgIpc) is 2.28. The van der Waals surface area contributed by atoms with Crippen molar-refractivity contribution in [1.82, 2.24) is 0 Å². The zero-order valence-electron chi connectivity index (χ0n) is 9.40. The molecule has 0 amide bonds. The highest BCUT2D eigenvalue weighted by Crippen LogP contribution is 3.02. The van der Waals surface area contributed by atoms with Crippen LogP contribution in [0.25, 0.3) is 0 Å². The molecule has 0 atom stereocenters. The number of hydrogen-bond donors (Lipinski definition) is 0. The lowest BCUT2D eigenvalue weighted by Crippen LogP contribution is -2.05. The summed E-state index contributed by atoms with van der Waals surface area (Å²) in [5.74, 6) is 0.458. The molecule has 0 spiro atoms. The second kappa shape index (κ2) is 3.63. The van der Waals surface area contributed by atoms with Gasteiger partial charge >= 0.3 is 10.2 Å². The molecule has 0 bridgehead atoms. The normalized spacial score (nSPS) is 15.4. The Hall–Kier alpha value is -1.76. The van der Waals surface area contributed by atoms with Gasteiger partial charge in [-0.2, -0.15) is 0 Å². The first-order valence-corrected chi connectivity index (χ1v) is 7.07. The fraction of sp³-hybridized carbons (Fsp3) is 0. The van der Waals surface area contributed by atoms with Crippen LogP contribution in [0.1, 0.15) is 0 Å². The molecule has 0 saturated heterocycles. The molecule has 7 heteroatoms. The van der Waals surface area contributed by atoms with Crippen LogP contribution in [-0.2, 0) is 0 Å². The maximum atomic E-state index is 12.5. The van der Waals surface area contributed by atoms with Crippen molar-refractivity contribution in [2.45, 2.75) is 4.90 Å². The van der Waals surface area contributed by atoms with E-state index < -0.39 is 15.1 Å². The molecule has 0 aliphatic carbocycles. The van der Waals surface area contributed by atoms with Crippen molar-refractivity contribution >= 4 is 10.2 Å². The number of benzene rings is 2. The lowest BCUT2D eigenvalue weighted by Gasteiger charge is -2.40. The fourth-order valence-corrected chi connectivity index (χ4v) is 2.04. The lowest BCUT2D eigenvalue weighted by molar-refractivity contribution is 0.364. The lowest BCUT2D eigenvalue weighted by atomic mass is 10.3. The molecule has 2 rings (SSSR count). The van der Waals surface area contributed by atoms with Crippen molar-refractivity contribution in [2.75, 3.05) is 0 Å². The molecule has 1 nitrogen and oxygen atoms in total. The molecule has 2 aromatic rings. The molecule has 0 aliphatic heterocycles. The molecule has 0 aromatic heterocycles. The van der Waals surface area contributed by atoms with Gasteiger partial charge in [-0.05, 0) is 36.4 Å². The molecule has 0 aliphatic rings. The van der Waals surface area contributed by atoms with Gasteiger partial charge < -0.3 is 4.74 Å². The molecule has 0 fully saturated rings. The van der Waals surface area contributed by atoms with Gasteiger partial charge in [0.25, 0.3) is 0 Å². The molecule has 0 radical (unpaired) electrons. The Morgan fingerprint density at radius 1 is 0.632 bits per heavy atom. The zero-order valence-corrected chi connectivity index (χ0v) is 10.2. The largest absolute Gasteiger partial charge is 0.457 e. The number of hydrogen-bond acceptors (Lipinski definition) is 1. The Morgan fingerprint density at radius 2 is 1.11 bits per heavy atom. The Morgan fingerprint density at radius 3 is 1.58 bits per heavy atom. The summed E-state index contributed by atoms with van der Waals surface area (Å²) in [5, 5.41) is 0. The minimum Gasteiger partial charge on any atom is -0.457 e. The van der Waals surface area contributed by atoms with E-state index in [2.05, 4.69) is 0 Å². The van der Waals surface area contributed by atoms with Gasteiger partial charge in [0.15, 0.2) is 0 Å². The van der Waals surface area contributed by atoms with Gasteiger partial charge in [-0.1, -0.05) is 37.6 Å². The molecule has 0 unspecified atom stereocenters. The van der Waals surface area contributed by atoms with Crippen molar-refractivity contribution in [1.29, 1.82) is 0 Å². The van der Waals surface area contributed by atoms with Crippen molar-refractivity contribution < 1.29 is 24.2 Å². The summed E-state index contributed by atoms with van der Waals surface area (Å²) in [4.78, 5) is -1.93. The van der Waals surface area contributed by atoms with Crippen LogP contribution in [0.5, 0.6) is 11.5 Å². The number of halogens is 5. The topological polar surface area (TPSA) is 9.23 Å². The SMILES string of the molecule is FS(F)(F)(F)(F)c1ccc(Oc2ccccc2)cc1. The van der Waals surface area contributed by atoms with Crippen LogP contribution < -0.4 is 4.74 Å². The molecular weight excluding hydrogens is 287 g/mol. The van der Waals surface area contributed by atoms with E-state index in [1.165, 1.54) is 0 Å². The van der Waals surface area contributed by atoms with Gasteiger partial charge in [-0.3, -0.25) is 0 Å². The first-order chi connectivity index (χ1) is 8.54. The number of para-hydroxylation sites is 1. The highest BCUT2D eigenvalue weighted by atomic mass is 32.5. The first-order valence-electron chi connectivity index (χ1n) is 5.12. The third kappa shape index (κ3) is 3.60. The van der Waals surface area contributed by atoms with Crippen molar-refractivity contribution in [3.8, 4) is 11.5 Å². The Bertz CT molecular complexity index is 577. The summed E-state index contributed by atoms with van der Waals surface area (Å²) in [6.07, 6.45) is 0. The van der Waals surface area contributed by atoms with E-state index in [4.69, 9.17) is 4.74 Å². The predicted octanol–water partition coefficient (Wildman–Crippen LogP) is 6.14. The minimum atomic E-state index is -9.61. The Balaban J connectivity index is 2.26. The summed E-state index contributed by atoms with van der Waals surface area (Å²) < 4.78 is 67.5. The summed E-state index contributed by atoms with van der Waals surface area (Å²) in [6, 6.07) is 10.7. The van der Waals surface area contributed by atoms with Crippen LogP contribution in [0.3, 0.4) is 0 Å². The summed E-state index contributed by atoms with van der Waals surface area (Å²) in [6.45, 7) is 0. The summed E-state index contributed by atoms with van der Waals surface area (Å²) in [7, 11) is -9.61. The van der Waals surface area contributed by atoms with E-state index in [0.29, 0.717) is 17.9 Å². The average molecular weight is 296 g/mol. The fourth-order valence-electron chi connectivity index (χ4n) is 1.39. The van der Waals surface area contributed by atoms with Gasteiger partial charge in [-0.15, -0.1) is 0 Å². The third-order valence-corrected chi connectivity index (χ3v) is 3.41. The highest BCUT2D eigenvalue weighted by Gasteiger charge is 2.65. The van der Waals surface area contributed by atoms with E-state index in [-0.39, 0.29) is 5.75 Å². The van der Waals surface area contributed by atoms with Gasteiger partial charge in [-0.25, -0.2) is 0 Å². The molecule has 2 aromatic carbocycles. The van der Waals surface area contributed by atoms with Crippen LogP contribution >= 0.6 is 10.2 Å². The first kappa shape index (κ1) is 13.7. The maximum absolute atomic E-state index is 12.5. The van der Waals surface area contributed by atoms with E-state index in [1.807, 2.05) is 0 Å².